The number of nitrogens with one attached hydrogen (secondary N) is 1. The topological polar surface area (TPSA) is 69.6 Å². The third-order valence-corrected chi connectivity index (χ3v) is 3.92. The molecule has 0 saturated carbocycles. The number of rotatable bonds is 7. The summed E-state index contributed by atoms with van der Waals surface area (Å²) in [5, 5.41) is 23.0. The minimum atomic E-state index is -0.905. The van der Waals surface area contributed by atoms with E-state index in [4.69, 9.17) is 5.11 Å². The van der Waals surface area contributed by atoms with Crippen molar-refractivity contribution in [2.24, 2.45) is 0 Å². The normalized spacial score (nSPS) is 15.5. The van der Waals surface area contributed by atoms with Crippen molar-refractivity contribution in [1.82, 2.24) is 5.32 Å². The zero-order valence-electron chi connectivity index (χ0n) is 13.6. The second-order valence-corrected chi connectivity index (χ2v) is 5.94. The quantitative estimate of drug-likeness (QED) is 0.723. The van der Waals surface area contributed by atoms with Gasteiger partial charge in [0.05, 0.1) is 12.5 Å². The molecule has 0 aliphatic carbocycles. The van der Waals surface area contributed by atoms with E-state index < -0.39 is 18.1 Å². The predicted molar refractivity (Wildman–Crippen MR) is 84.5 cm³/mol. The van der Waals surface area contributed by atoms with Gasteiger partial charge in [-0.3, -0.25) is 4.79 Å². The first-order chi connectivity index (χ1) is 9.76. The van der Waals surface area contributed by atoms with E-state index in [9.17, 15) is 9.90 Å². The molecule has 4 heteroatoms. The number of aliphatic hydroxyl groups excluding tert-OH is 1. The molecule has 0 fully saturated rings. The van der Waals surface area contributed by atoms with Gasteiger partial charge in [0.25, 0.3) is 0 Å². The van der Waals surface area contributed by atoms with E-state index in [0.717, 1.165) is 28.7 Å². The molecular formula is C17H27NO3. The van der Waals surface area contributed by atoms with E-state index in [2.05, 4.69) is 5.32 Å². The number of aryl methyl sites for hydroxylation is 3. The SMILES string of the molecule is CCC(C)NC(CC(=O)O)C(O)c1c(C)cc(C)cc1C. The van der Waals surface area contributed by atoms with E-state index in [1.807, 2.05) is 46.8 Å². The van der Waals surface area contributed by atoms with Gasteiger partial charge in [0.15, 0.2) is 0 Å². The van der Waals surface area contributed by atoms with Gasteiger partial charge in [-0.25, -0.2) is 0 Å². The summed E-state index contributed by atoms with van der Waals surface area (Å²) >= 11 is 0. The van der Waals surface area contributed by atoms with E-state index >= 15 is 0 Å². The highest BCUT2D eigenvalue weighted by Gasteiger charge is 2.27. The van der Waals surface area contributed by atoms with Crippen LogP contribution in [0.1, 0.15) is 55.0 Å². The molecule has 0 aliphatic heterocycles. The standard InChI is InChI=1S/C17H27NO3/c1-6-13(5)18-14(9-15(19)20)17(21)16-11(3)7-10(2)8-12(16)4/h7-8,13-14,17-18,21H,6,9H2,1-5H3,(H,19,20). The fourth-order valence-electron chi connectivity index (χ4n) is 2.79. The lowest BCUT2D eigenvalue weighted by molar-refractivity contribution is -0.138. The van der Waals surface area contributed by atoms with E-state index in [0.29, 0.717) is 0 Å². The molecule has 0 heterocycles. The first-order valence-corrected chi connectivity index (χ1v) is 7.49. The van der Waals surface area contributed by atoms with Crippen LogP contribution in [0.5, 0.6) is 0 Å². The highest BCUT2D eigenvalue weighted by molar-refractivity contribution is 5.67. The van der Waals surface area contributed by atoms with Crippen LogP contribution < -0.4 is 5.32 Å². The third-order valence-electron chi connectivity index (χ3n) is 3.92. The average molecular weight is 293 g/mol. The fourth-order valence-corrected chi connectivity index (χ4v) is 2.79. The molecule has 3 N–H and O–H groups in total. The van der Waals surface area contributed by atoms with Crippen molar-refractivity contribution in [2.75, 3.05) is 0 Å². The maximum Gasteiger partial charge on any atom is 0.305 e. The second-order valence-electron chi connectivity index (χ2n) is 5.94. The summed E-state index contributed by atoms with van der Waals surface area (Å²) in [6, 6.07) is 3.71. The minimum absolute atomic E-state index is 0.0989. The van der Waals surface area contributed by atoms with Crippen LogP contribution in [0.25, 0.3) is 0 Å². The molecule has 0 radical (unpaired) electrons. The van der Waals surface area contributed by atoms with Crippen LogP contribution in [-0.4, -0.2) is 28.3 Å². The van der Waals surface area contributed by atoms with Crippen LogP contribution in [-0.2, 0) is 4.79 Å². The molecule has 118 valence electrons. The van der Waals surface area contributed by atoms with Crippen molar-refractivity contribution in [3.05, 3.63) is 34.4 Å². The van der Waals surface area contributed by atoms with Gasteiger partial charge >= 0.3 is 5.97 Å². The van der Waals surface area contributed by atoms with Crippen molar-refractivity contribution in [1.29, 1.82) is 0 Å². The van der Waals surface area contributed by atoms with Crippen molar-refractivity contribution in [3.8, 4) is 0 Å². The maximum atomic E-state index is 11.1. The lowest BCUT2D eigenvalue weighted by Crippen LogP contribution is -2.42. The van der Waals surface area contributed by atoms with Crippen molar-refractivity contribution < 1.29 is 15.0 Å². The molecule has 1 aromatic carbocycles. The van der Waals surface area contributed by atoms with Gasteiger partial charge in [0.2, 0.25) is 0 Å². The van der Waals surface area contributed by atoms with Gasteiger partial charge in [-0.15, -0.1) is 0 Å². The molecule has 3 unspecified atom stereocenters. The number of benzene rings is 1. The predicted octanol–water partition coefficient (Wildman–Crippen LogP) is 2.88. The van der Waals surface area contributed by atoms with Crippen molar-refractivity contribution in [2.45, 2.75) is 65.6 Å². The van der Waals surface area contributed by atoms with Crippen molar-refractivity contribution in [3.63, 3.8) is 0 Å². The Labute approximate surface area is 127 Å². The zero-order chi connectivity index (χ0) is 16.2. The molecular weight excluding hydrogens is 266 g/mol. The summed E-state index contributed by atoms with van der Waals surface area (Å²) in [7, 11) is 0. The summed E-state index contributed by atoms with van der Waals surface area (Å²) in [6.45, 7) is 9.96. The lowest BCUT2D eigenvalue weighted by Gasteiger charge is -2.28. The largest absolute Gasteiger partial charge is 0.481 e. The molecule has 21 heavy (non-hydrogen) atoms. The summed E-state index contributed by atoms with van der Waals surface area (Å²) in [4.78, 5) is 11.1. The average Bonchev–Trinajstić information content (AvgIpc) is 2.35. The number of aliphatic hydroxyl groups is 1. The van der Waals surface area contributed by atoms with E-state index in [1.165, 1.54) is 0 Å². The van der Waals surface area contributed by atoms with Crippen LogP contribution in [0.15, 0.2) is 12.1 Å². The number of aliphatic carboxylic acids is 1. The molecule has 3 atom stereocenters. The molecule has 0 aliphatic rings. The Morgan fingerprint density at radius 3 is 2.19 bits per heavy atom. The van der Waals surface area contributed by atoms with Crippen LogP contribution in [0.4, 0.5) is 0 Å². The van der Waals surface area contributed by atoms with Gasteiger partial charge in [-0.05, 0) is 50.8 Å². The fraction of sp³-hybridized carbons (Fsp3) is 0.588. The maximum absolute atomic E-state index is 11.1. The number of hydrogen-bond acceptors (Lipinski definition) is 3. The molecule has 0 saturated heterocycles. The Kier molecular flexibility index (Phi) is 6.37. The highest BCUT2D eigenvalue weighted by atomic mass is 16.4. The Hall–Kier alpha value is -1.39. The molecule has 1 aromatic rings. The van der Waals surface area contributed by atoms with Crippen LogP contribution in [0, 0.1) is 20.8 Å². The van der Waals surface area contributed by atoms with Crippen molar-refractivity contribution >= 4 is 5.97 Å². The van der Waals surface area contributed by atoms with Gasteiger partial charge in [0.1, 0.15) is 0 Å². The molecule has 1 rings (SSSR count). The van der Waals surface area contributed by atoms with Gasteiger partial charge in [-0.1, -0.05) is 24.6 Å². The van der Waals surface area contributed by atoms with Gasteiger partial charge in [-0.2, -0.15) is 0 Å². The summed E-state index contributed by atoms with van der Waals surface area (Å²) in [6.07, 6.45) is -0.0387. The van der Waals surface area contributed by atoms with Gasteiger partial charge < -0.3 is 15.5 Å². The number of carboxylic acids is 1. The summed E-state index contributed by atoms with van der Waals surface area (Å²) < 4.78 is 0. The lowest BCUT2D eigenvalue weighted by atomic mass is 9.90. The second kappa shape index (κ2) is 7.57. The summed E-state index contributed by atoms with van der Waals surface area (Å²) in [5.41, 5.74) is 3.98. The first kappa shape index (κ1) is 17.7. The molecule has 0 aromatic heterocycles. The Morgan fingerprint density at radius 2 is 1.76 bits per heavy atom. The van der Waals surface area contributed by atoms with E-state index in [-0.39, 0.29) is 12.5 Å². The monoisotopic (exact) mass is 293 g/mol. The minimum Gasteiger partial charge on any atom is -0.481 e. The smallest absolute Gasteiger partial charge is 0.305 e. The summed E-state index contributed by atoms with van der Waals surface area (Å²) in [5.74, 6) is -0.905. The Morgan fingerprint density at radius 1 is 1.24 bits per heavy atom. The zero-order valence-corrected chi connectivity index (χ0v) is 13.6. The molecule has 0 amide bonds. The first-order valence-electron chi connectivity index (χ1n) is 7.49. The Bertz CT molecular complexity index is 476. The van der Waals surface area contributed by atoms with Gasteiger partial charge in [0, 0.05) is 12.1 Å². The van der Waals surface area contributed by atoms with Crippen LogP contribution in [0.3, 0.4) is 0 Å². The van der Waals surface area contributed by atoms with Crippen LogP contribution >= 0.6 is 0 Å². The third kappa shape index (κ3) is 4.83. The number of carboxylic acid groups (broad SMARTS) is 1. The highest BCUT2D eigenvalue weighted by Crippen LogP contribution is 2.27. The molecule has 0 bridgehead atoms. The number of carbonyl (C=O) groups is 1. The van der Waals surface area contributed by atoms with Crippen LogP contribution in [0.2, 0.25) is 0 Å². The molecule has 4 nitrogen and oxygen atoms in total. The van der Waals surface area contributed by atoms with E-state index in [1.54, 1.807) is 0 Å². The molecule has 0 spiro atoms. The Balaban J connectivity index is 3.09. The number of hydrogen-bond donors (Lipinski definition) is 3.